The van der Waals surface area contributed by atoms with Gasteiger partial charge in [-0.15, -0.1) is 0 Å². The lowest BCUT2D eigenvalue weighted by Gasteiger charge is -2.13. The van der Waals surface area contributed by atoms with E-state index in [0.29, 0.717) is 23.3 Å². The topological polar surface area (TPSA) is 52.6 Å². The van der Waals surface area contributed by atoms with Crippen molar-refractivity contribution >= 4 is 12.6 Å². The quantitative estimate of drug-likeness (QED) is 0.688. The van der Waals surface area contributed by atoms with Crippen molar-refractivity contribution in [1.29, 1.82) is 0 Å². The fourth-order valence-electron chi connectivity index (χ4n) is 1.19. The zero-order chi connectivity index (χ0) is 12.0. The van der Waals surface area contributed by atoms with Crippen LogP contribution in [0.5, 0.6) is 11.5 Å². The molecule has 4 heteroatoms. The standard InChI is InChI=1S/C12H14O4/c1-9(6-13)8-16-12-10(7-14)4-3-5-11(12)15-2/h3-7,9H,8H2,1-2H3. The lowest BCUT2D eigenvalue weighted by atomic mass is 10.2. The molecule has 0 aromatic heterocycles. The molecular formula is C12H14O4. The van der Waals surface area contributed by atoms with Gasteiger partial charge >= 0.3 is 0 Å². The Balaban J connectivity index is 2.90. The number of rotatable bonds is 6. The molecule has 0 heterocycles. The van der Waals surface area contributed by atoms with E-state index in [0.717, 1.165) is 6.29 Å². The third-order valence-electron chi connectivity index (χ3n) is 2.08. The number of carbonyl (C=O) groups excluding carboxylic acids is 2. The number of methoxy groups -OCH3 is 1. The Morgan fingerprint density at radius 3 is 2.69 bits per heavy atom. The van der Waals surface area contributed by atoms with Crippen LogP contribution in [0.25, 0.3) is 0 Å². The Labute approximate surface area is 94.2 Å². The Morgan fingerprint density at radius 1 is 1.38 bits per heavy atom. The van der Waals surface area contributed by atoms with Crippen molar-refractivity contribution in [3.63, 3.8) is 0 Å². The van der Waals surface area contributed by atoms with Crippen LogP contribution in [0.15, 0.2) is 18.2 Å². The molecule has 0 N–H and O–H groups in total. The largest absolute Gasteiger partial charge is 0.493 e. The molecule has 0 radical (unpaired) electrons. The van der Waals surface area contributed by atoms with E-state index in [9.17, 15) is 9.59 Å². The van der Waals surface area contributed by atoms with Gasteiger partial charge in [-0.05, 0) is 12.1 Å². The van der Waals surface area contributed by atoms with Crippen LogP contribution in [-0.4, -0.2) is 26.3 Å². The molecule has 1 rings (SSSR count). The maximum Gasteiger partial charge on any atom is 0.171 e. The molecule has 1 aromatic carbocycles. The average Bonchev–Trinajstić information content (AvgIpc) is 2.35. The molecule has 0 aliphatic carbocycles. The summed E-state index contributed by atoms with van der Waals surface area (Å²) >= 11 is 0. The van der Waals surface area contributed by atoms with Crippen LogP contribution >= 0.6 is 0 Å². The molecule has 1 aromatic rings. The van der Waals surface area contributed by atoms with Gasteiger partial charge in [0.1, 0.15) is 6.29 Å². The van der Waals surface area contributed by atoms with Gasteiger partial charge in [-0.25, -0.2) is 0 Å². The van der Waals surface area contributed by atoms with Gasteiger partial charge in [0.2, 0.25) is 0 Å². The predicted molar refractivity (Wildman–Crippen MR) is 59.1 cm³/mol. The Kier molecular flexibility index (Phi) is 4.51. The number of hydrogen-bond donors (Lipinski definition) is 0. The zero-order valence-electron chi connectivity index (χ0n) is 9.30. The summed E-state index contributed by atoms with van der Waals surface area (Å²) in [6.45, 7) is 1.97. The van der Waals surface area contributed by atoms with Gasteiger partial charge in [-0.1, -0.05) is 13.0 Å². The first kappa shape index (κ1) is 12.2. The highest BCUT2D eigenvalue weighted by Crippen LogP contribution is 2.30. The molecule has 86 valence electrons. The SMILES string of the molecule is COc1cccc(C=O)c1OCC(C)C=O. The van der Waals surface area contributed by atoms with E-state index in [1.165, 1.54) is 7.11 Å². The van der Waals surface area contributed by atoms with Gasteiger partial charge in [0.15, 0.2) is 17.8 Å². The molecule has 1 unspecified atom stereocenters. The van der Waals surface area contributed by atoms with E-state index in [4.69, 9.17) is 9.47 Å². The van der Waals surface area contributed by atoms with E-state index in [-0.39, 0.29) is 12.5 Å². The van der Waals surface area contributed by atoms with Crippen molar-refractivity contribution in [3.8, 4) is 11.5 Å². The second-order valence-corrected chi connectivity index (χ2v) is 3.42. The normalized spacial score (nSPS) is 11.6. The number of aldehydes is 2. The highest BCUT2D eigenvalue weighted by molar-refractivity contribution is 5.81. The van der Waals surface area contributed by atoms with E-state index < -0.39 is 0 Å². The molecular weight excluding hydrogens is 208 g/mol. The van der Waals surface area contributed by atoms with Crippen LogP contribution in [-0.2, 0) is 4.79 Å². The van der Waals surface area contributed by atoms with Crippen molar-refractivity contribution in [3.05, 3.63) is 23.8 Å². The molecule has 4 nitrogen and oxygen atoms in total. The smallest absolute Gasteiger partial charge is 0.171 e. The second-order valence-electron chi connectivity index (χ2n) is 3.42. The van der Waals surface area contributed by atoms with Gasteiger partial charge in [0.05, 0.1) is 19.3 Å². The van der Waals surface area contributed by atoms with Crippen molar-refractivity contribution in [2.75, 3.05) is 13.7 Å². The number of para-hydroxylation sites is 1. The molecule has 0 amide bonds. The van der Waals surface area contributed by atoms with Gasteiger partial charge in [-0.3, -0.25) is 4.79 Å². The van der Waals surface area contributed by atoms with Crippen LogP contribution in [0.4, 0.5) is 0 Å². The van der Waals surface area contributed by atoms with Crippen LogP contribution in [0, 0.1) is 5.92 Å². The molecule has 16 heavy (non-hydrogen) atoms. The highest BCUT2D eigenvalue weighted by atomic mass is 16.5. The van der Waals surface area contributed by atoms with E-state index >= 15 is 0 Å². The number of benzene rings is 1. The molecule has 0 aliphatic rings. The maximum atomic E-state index is 10.8. The summed E-state index contributed by atoms with van der Waals surface area (Å²) < 4.78 is 10.5. The predicted octanol–water partition coefficient (Wildman–Crippen LogP) is 1.72. The Bertz CT molecular complexity index is 373. The molecule has 0 fully saturated rings. The lowest BCUT2D eigenvalue weighted by molar-refractivity contribution is -0.111. The molecule has 0 bridgehead atoms. The number of ether oxygens (including phenoxy) is 2. The highest BCUT2D eigenvalue weighted by Gasteiger charge is 2.11. The van der Waals surface area contributed by atoms with Crippen LogP contribution in [0.3, 0.4) is 0 Å². The molecule has 0 aliphatic heterocycles. The first-order valence-electron chi connectivity index (χ1n) is 4.93. The monoisotopic (exact) mass is 222 g/mol. The fourth-order valence-corrected chi connectivity index (χ4v) is 1.19. The second kappa shape index (κ2) is 5.90. The summed E-state index contributed by atoms with van der Waals surface area (Å²) in [4.78, 5) is 21.3. The molecule has 1 atom stereocenters. The number of carbonyl (C=O) groups is 2. The van der Waals surface area contributed by atoms with Crippen LogP contribution in [0.1, 0.15) is 17.3 Å². The minimum absolute atomic E-state index is 0.218. The summed E-state index contributed by atoms with van der Waals surface area (Å²) in [5.41, 5.74) is 0.414. The summed E-state index contributed by atoms with van der Waals surface area (Å²) in [5, 5.41) is 0. The third kappa shape index (κ3) is 2.82. The van der Waals surface area contributed by atoms with Crippen LogP contribution < -0.4 is 9.47 Å². The Hall–Kier alpha value is -1.84. The summed E-state index contributed by atoms with van der Waals surface area (Å²) in [5.74, 6) is 0.654. The van der Waals surface area contributed by atoms with Crippen molar-refractivity contribution in [1.82, 2.24) is 0 Å². The minimum atomic E-state index is -0.218. The van der Waals surface area contributed by atoms with Crippen molar-refractivity contribution < 1.29 is 19.1 Å². The van der Waals surface area contributed by atoms with Gasteiger partial charge < -0.3 is 14.3 Å². The Morgan fingerprint density at radius 2 is 2.12 bits per heavy atom. The lowest BCUT2D eigenvalue weighted by Crippen LogP contribution is -2.11. The minimum Gasteiger partial charge on any atom is -0.493 e. The maximum absolute atomic E-state index is 10.8. The molecule has 0 saturated heterocycles. The summed E-state index contributed by atoms with van der Waals surface area (Å²) in [6.07, 6.45) is 1.50. The van der Waals surface area contributed by atoms with Gasteiger partial charge in [-0.2, -0.15) is 0 Å². The average molecular weight is 222 g/mol. The summed E-state index contributed by atoms with van der Waals surface area (Å²) in [7, 11) is 1.50. The van der Waals surface area contributed by atoms with Crippen molar-refractivity contribution in [2.45, 2.75) is 6.92 Å². The molecule has 0 saturated carbocycles. The summed E-state index contributed by atoms with van der Waals surface area (Å²) in [6, 6.07) is 5.04. The van der Waals surface area contributed by atoms with E-state index in [1.54, 1.807) is 25.1 Å². The first-order valence-corrected chi connectivity index (χ1v) is 4.93. The first-order chi connectivity index (χ1) is 7.72. The molecule has 0 spiro atoms. The fraction of sp³-hybridized carbons (Fsp3) is 0.333. The zero-order valence-corrected chi connectivity index (χ0v) is 9.30. The van der Waals surface area contributed by atoms with Gasteiger partial charge in [0.25, 0.3) is 0 Å². The third-order valence-corrected chi connectivity index (χ3v) is 2.08. The van der Waals surface area contributed by atoms with E-state index in [1.807, 2.05) is 0 Å². The van der Waals surface area contributed by atoms with Gasteiger partial charge in [0, 0.05) is 5.92 Å². The van der Waals surface area contributed by atoms with E-state index in [2.05, 4.69) is 0 Å². The number of hydrogen-bond acceptors (Lipinski definition) is 4. The van der Waals surface area contributed by atoms with Crippen molar-refractivity contribution in [2.24, 2.45) is 5.92 Å². The van der Waals surface area contributed by atoms with Crippen LogP contribution in [0.2, 0.25) is 0 Å².